The molecule has 1 fully saturated rings. The number of nitrogens with one attached hydrogen (secondary N) is 1. The highest BCUT2D eigenvalue weighted by atomic mass is 16.5. The van der Waals surface area contributed by atoms with E-state index in [1.165, 1.54) is 12.8 Å². The molecular weight excluding hydrogens is 394 g/mol. The monoisotopic (exact) mass is 421 g/mol. The topological polar surface area (TPSA) is 75.0 Å². The van der Waals surface area contributed by atoms with Gasteiger partial charge in [-0.2, -0.15) is 0 Å². The number of nitrogens with zero attached hydrogens (tertiary/aromatic N) is 2. The fourth-order valence-electron chi connectivity index (χ4n) is 3.91. The molecule has 0 radical (unpaired) electrons. The summed E-state index contributed by atoms with van der Waals surface area (Å²) in [4.78, 5) is 29.6. The van der Waals surface area contributed by atoms with Crippen molar-refractivity contribution in [1.29, 1.82) is 0 Å². The molecule has 0 atom stereocenters. The van der Waals surface area contributed by atoms with Crippen LogP contribution in [0, 0.1) is 0 Å². The second-order valence-electron chi connectivity index (χ2n) is 7.60. The van der Waals surface area contributed by atoms with Crippen molar-refractivity contribution in [2.24, 2.45) is 0 Å². The Bertz CT molecular complexity index is 1090. The van der Waals surface area contributed by atoms with E-state index in [-0.39, 0.29) is 5.56 Å². The van der Waals surface area contributed by atoms with Crippen LogP contribution in [-0.2, 0) is 0 Å². The Labute approximate surface area is 181 Å². The molecule has 2 aromatic carbocycles. The lowest BCUT2D eigenvalue weighted by Gasteiger charge is -2.36. The molecule has 0 bridgehead atoms. The standard InChI is InChI=1S/C24H27N3O4/c1-30-21-10-5-7-18-17-20(24(29)31-22(18)21)23(28)25-11-6-12-26-13-15-27(16-14-26)19-8-3-2-4-9-19/h2-5,7-10,17H,6,11-16H2,1H3,(H,25,28). The third kappa shape index (κ3) is 4.88. The quantitative estimate of drug-likeness (QED) is 0.467. The van der Waals surface area contributed by atoms with Gasteiger partial charge in [0.25, 0.3) is 5.91 Å². The van der Waals surface area contributed by atoms with Gasteiger partial charge < -0.3 is 19.4 Å². The van der Waals surface area contributed by atoms with Crippen molar-refractivity contribution in [3.63, 3.8) is 0 Å². The zero-order valence-corrected chi connectivity index (χ0v) is 17.7. The van der Waals surface area contributed by atoms with E-state index in [0.29, 0.717) is 23.3 Å². The lowest BCUT2D eigenvalue weighted by atomic mass is 10.1. The van der Waals surface area contributed by atoms with Gasteiger partial charge in [-0.05, 0) is 37.2 Å². The molecule has 31 heavy (non-hydrogen) atoms. The molecule has 1 amide bonds. The van der Waals surface area contributed by atoms with Crippen LogP contribution in [0.15, 0.2) is 63.8 Å². The Morgan fingerprint density at radius 2 is 1.84 bits per heavy atom. The molecule has 0 spiro atoms. The maximum atomic E-state index is 12.5. The van der Waals surface area contributed by atoms with Crippen molar-refractivity contribution in [1.82, 2.24) is 10.2 Å². The molecule has 162 valence electrons. The van der Waals surface area contributed by atoms with Crippen molar-refractivity contribution in [3.8, 4) is 5.75 Å². The number of rotatable bonds is 7. The van der Waals surface area contributed by atoms with Gasteiger partial charge in [0.15, 0.2) is 11.3 Å². The van der Waals surface area contributed by atoms with E-state index in [1.54, 1.807) is 24.3 Å². The number of carbonyl (C=O) groups is 1. The second-order valence-corrected chi connectivity index (χ2v) is 7.60. The molecule has 1 aliphatic heterocycles. The van der Waals surface area contributed by atoms with E-state index in [0.717, 1.165) is 39.1 Å². The van der Waals surface area contributed by atoms with E-state index < -0.39 is 11.5 Å². The Morgan fingerprint density at radius 3 is 2.58 bits per heavy atom. The van der Waals surface area contributed by atoms with Crippen LogP contribution >= 0.6 is 0 Å². The number of fused-ring (bicyclic) bond motifs is 1. The number of benzene rings is 2. The summed E-state index contributed by atoms with van der Waals surface area (Å²) < 4.78 is 10.5. The van der Waals surface area contributed by atoms with Crippen molar-refractivity contribution in [2.45, 2.75) is 6.42 Å². The molecular formula is C24H27N3O4. The van der Waals surface area contributed by atoms with Crippen molar-refractivity contribution >= 4 is 22.6 Å². The first-order valence-corrected chi connectivity index (χ1v) is 10.6. The number of anilines is 1. The Balaban J connectivity index is 1.26. The number of para-hydroxylation sites is 2. The van der Waals surface area contributed by atoms with Crippen molar-refractivity contribution < 1.29 is 13.9 Å². The molecule has 1 aromatic heterocycles. The number of piperazine rings is 1. The first-order valence-electron chi connectivity index (χ1n) is 10.6. The summed E-state index contributed by atoms with van der Waals surface area (Å²) in [5.74, 6) is 0.0567. The van der Waals surface area contributed by atoms with Crippen LogP contribution in [0.3, 0.4) is 0 Å². The minimum atomic E-state index is -0.661. The highest BCUT2D eigenvalue weighted by Crippen LogP contribution is 2.24. The van der Waals surface area contributed by atoms with Crippen LogP contribution < -0.4 is 20.6 Å². The largest absolute Gasteiger partial charge is 0.493 e. The third-order valence-electron chi connectivity index (χ3n) is 5.62. The second kappa shape index (κ2) is 9.66. The first-order chi connectivity index (χ1) is 15.2. The summed E-state index contributed by atoms with van der Waals surface area (Å²) in [6, 6.07) is 17.3. The molecule has 1 saturated heterocycles. The number of hydrogen-bond donors (Lipinski definition) is 1. The predicted molar refractivity (Wildman–Crippen MR) is 121 cm³/mol. The van der Waals surface area contributed by atoms with Crippen LogP contribution in [0.4, 0.5) is 5.69 Å². The van der Waals surface area contributed by atoms with Crippen molar-refractivity contribution in [3.05, 3.63) is 70.6 Å². The molecule has 0 aliphatic carbocycles. The van der Waals surface area contributed by atoms with E-state index in [4.69, 9.17) is 9.15 Å². The average Bonchev–Trinajstić information content (AvgIpc) is 2.82. The highest BCUT2D eigenvalue weighted by Gasteiger charge is 2.18. The number of carbonyl (C=O) groups excluding carboxylic acids is 1. The third-order valence-corrected chi connectivity index (χ3v) is 5.62. The fraction of sp³-hybridized carbons (Fsp3) is 0.333. The summed E-state index contributed by atoms with van der Waals surface area (Å²) >= 11 is 0. The Kier molecular flexibility index (Phi) is 6.52. The van der Waals surface area contributed by atoms with Crippen LogP contribution in [0.1, 0.15) is 16.8 Å². The molecule has 7 heteroatoms. The zero-order chi connectivity index (χ0) is 21.6. The van der Waals surface area contributed by atoms with Gasteiger partial charge in [-0.25, -0.2) is 4.79 Å². The fourth-order valence-corrected chi connectivity index (χ4v) is 3.91. The van der Waals surface area contributed by atoms with E-state index in [1.807, 2.05) is 6.07 Å². The van der Waals surface area contributed by atoms with Crippen LogP contribution in [0.5, 0.6) is 5.75 Å². The average molecular weight is 421 g/mol. The van der Waals surface area contributed by atoms with Crippen LogP contribution in [-0.4, -0.2) is 57.2 Å². The summed E-state index contributed by atoms with van der Waals surface area (Å²) in [5, 5.41) is 3.49. The van der Waals surface area contributed by atoms with Crippen molar-refractivity contribution in [2.75, 3.05) is 51.3 Å². The predicted octanol–water partition coefficient (Wildman–Crippen LogP) is 2.74. The van der Waals surface area contributed by atoms with Gasteiger partial charge in [-0.1, -0.05) is 30.3 Å². The lowest BCUT2D eigenvalue weighted by molar-refractivity contribution is 0.0948. The van der Waals surface area contributed by atoms with E-state index >= 15 is 0 Å². The van der Waals surface area contributed by atoms with Gasteiger partial charge in [0.05, 0.1) is 7.11 Å². The number of amides is 1. The number of hydrogen-bond acceptors (Lipinski definition) is 6. The summed E-state index contributed by atoms with van der Waals surface area (Å²) in [5.41, 5.74) is 0.964. The maximum Gasteiger partial charge on any atom is 0.349 e. The highest BCUT2D eigenvalue weighted by molar-refractivity contribution is 5.97. The van der Waals surface area contributed by atoms with Gasteiger partial charge >= 0.3 is 5.63 Å². The van der Waals surface area contributed by atoms with Gasteiger partial charge in [0.1, 0.15) is 5.56 Å². The number of methoxy groups -OCH3 is 1. The van der Waals surface area contributed by atoms with Crippen LogP contribution in [0.25, 0.3) is 11.0 Å². The summed E-state index contributed by atoms with van der Waals surface area (Å²) in [6.07, 6.45) is 0.823. The molecule has 7 nitrogen and oxygen atoms in total. The molecule has 1 N–H and O–H groups in total. The molecule has 0 unspecified atom stereocenters. The summed E-state index contributed by atoms with van der Waals surface area (Å²) in [7, 11) is 1.51. The first kappa shape index (κ1) is 20.9. The molecule has 0 saturated carbocycles. The zero-order valence-electron chi connectivity index (χ0n) is 17.7. The van der Waals surface area contributed by atoms with Gasteiger partial charge in [-0.3, -0.25) is 9.69 Å². The Morgan fingerprint density at radius 1 is 1.06 bits per heavy atom. The Hall–Kier alpha value is -3.32. The molecule has 4 rings (SSSR count). The smallest absolute Gasteiger partial charge is 0.349 e. The summed E-state index contributed by atoms with van der Waals surface area (Å²) in [6.45, 7) is 5.41. The van der Waals surface area contributed by atoms with Crippen LogP contribution in [0.2, 0.25) is 0 Å². The van der Waals surface area contributed by atoms with Gasteiger partial charge in [0, 0.05) is 43.8 Å². The van der Waals surface area contributed by atoms with Gasteiger partial charge in [0.2, 0.25) is 0 Å². The van der Waals surface area contributed by atoms with Gasteiger partial charge in [-0.15, -0.1) is 0 Å². The molecule has 2 heterocycles. The molecule has 1 aliphatic rings. The lowest BCUT2D eigenvalue weighted by Crippen LogP contribution is -2.47. The maximum absolute atomic E-state index is 12.5. The van der Waals surface area contributed by atoms with E-state index in [9.17, 15) is 9.59 Å². The SMILES string of the molecule is COc1cccc2cc(C(=O)NCCCN3CCN(c4ccccc4)CC3)c(=O)oc12. The minimum absolute atomic E-state index is 0.0113. The molecule has 3 aromatic rings. The normalized spacial score (nSPS) is 14.5. The minimum Gasteiger partial charge on any atom is -0.493 e. The van der Waals surface area contributed by atoms with E-state index in [2.05, 4.69) is 39.4 Å². The number of ether oxygens (including phenoxy) is 1.